The average molecular weight is 382 g/mol. The highest BCUT2D eigenvalue weighted by Gasteiger charge is 2.73. The van der Waals surface area contributed by atoms with Crippen LogP contribution >= 0.6 is 0 Å². The number of halogens is 10. The SMILES string of the molecule is O=c1[nH]c2ccc(C(F)(C(F)(F)F)C(F)(F)F)cc2nc1C(F)(F)F. The van der Waals surface area contributed by atoms with Crippen LogP contribution in [-0.4, -0.2) is 22.3 Å². The number of hydrogen-bond acceptors (Lipinski definition) is 2. The van der Waals surface area contributed by atoms with Gasteiger partial charge in [0.2, 0.25) is 5.69 Å². The first-order chi connectivity index (χ1) is 11.1. The van der Waals surface area contributed by atoms with Gasteiger partial charge in [-0.2, -0.15) is 39.5 Å². The number of nitrogens with zero attached hydrogens (tertiary/aromatic N) is 1. The molecule has 0 aliphatic carbocycles. The molecule has 25 heavy (non-hydrogen) atoms. The lowest BCUT2D eigenvalue weighted by Crippen LogP contribution is -2.50. The number of alkyl halides is 10. The Morgan fingerprint density at radius 3 is 1.80 bits per heavy atom. The molecule has 3 nitrogen and oxygen atoms in total. The molecule has 1 N–H and O–H groups in total. The molecule has 0 spiro atoms. The highest BCUT2D eigenvalue weighted by molar-refractivity contribution is 5.75. The molecule has 138 valence electrons. The minimum atomic E-state index is -6.44. The molecule has 0 aliphatic rings. The number of aromatic nitrogens is 2. The van der Waals surface area contributed by atoms with Crippen LogP contribution in [0.4, 0.5) is 43.9 Å². The second kappa shape index (κ2) is 5.33. The van der Waals surface area contributed by atoms with Crippen LogP contribution in [0, 0.1) is 0 Å². The highest BCUT2D eigenvalue weighted by Crippen LogP contribution is 2.53. The topological polar surface area (TPSA) is 45.8 Å². The number of hydrogen-bond donors (Lipinski definition) is 1. The van der Waals surface area contributed by atoms with Gasteiger partial charge in [0.15, 0.2) is 0 Å². The van der Waals surface area contributed by atoms with Crippen molar-refractivity contribution in [1.82, 2.24) is 9.97 Å². The molecular formula is C12H4F10N2O. The molecule has 0 unspecified atom stereocenters. The number of rotatable bonds is 1. The summed E-state index contributed by atoms with van der Waals surface area (Å²) in [4.78, 5) is 15.5. The van der Waals surface area contributed by atoms with Crippen molar-refractivity contribution in [2.75, 3.05) is 0 Å². The Labute approximate surface area is 130 Å². The number of fused-ring (bicyclic) bond motifs is 1. The first-order valence-electron chi connectivity index (χ1n) is 6.03. The maximum atomic E-state index is 13.9. The summed E-state index contributed by atoms with van der Waals surface area (Å²) in [7, 11) is 0. The molecule has 0 aliphatic heterocycles. The van der Waals surface area contributed by atoms with Gasteiger partial charge in [-0.25, -0.2) is 9.37 Å². The molecule has 1 aromatic carbocycles. The summed E-state index contributed by atoms with van der Waals surface area (Å²) >= 11 is 0. The molecule has 1 heterocycles. The second-order valence-electron chi connectivity index (χ2n) is 4.80. The molecule has 2 rings (SSSR count). The van der Waals surface area contributed by atoms with Crippen LogP contribution in [0.2, 0.25) is 0 Å². The molecule has 0 radical (unpaired) electrons. The minimum absolute atomic E-state index is 0.0498. The van der Waals surface area contributed by atoms with Gasteiger partial charge >= 0.3 is 24.2 Å². The second-order valence-corrected chi connectivity index (χ2v) is 4.80. The zero-order valence-corrected chi connectivity index (χ0v) is 11.4. The lowest BCUT2D eigenvalue weighted by molar-refractivity contribution is -0.348. The van der Waals surface area contributed by atoms with Gasteiger partial charge in [0.25, 0.3) is 5.56 Å². The van der Waals surface area contributed by atoms with Crippen molar-refractivity contribution in [1.29, 1.82) is 0 Å². The third-order valence-corrected chi connectivity index (χ3v) is 3.14. The standard InChI is InChI=1S/C12H4F10N2O/c13-9(11(17,18)19,12(20,21)22)4-1-2-5-6(3-4)23-7(8(25)24-5)10(14,15)16/h1-3H,(H,24,25). The van der Waals surface area contributed by atoms with E-state index in [0.717, 1.165) is 0 Å². The average Bonchev–Trinajstić information content (AvgIpc) is 2.41. The number of H-pyrrole nitrogens is 1. The number of nitrogens with one attached hydrogen (secondary N) is 1. The zero-order chi connectivity index (χ0) is 19.4. The van der Waals surface area contributed by atoms with Gasteiger partial charge in [-0.1, -0.05) is 6.07 Å². The largest absolute Gasteiger partial charge is 0.438 e. The smallest absolute Gasteiger partial charge is 0.319 e. The molecule has 0 atom stereocenters. The van der Waals surface area contributed by atoms with Crippen LogP contribution in [0.1, 0.15) is 11.3 Å². The van der Waals surface area contributed by atoms with E-state index >= 15 is 0 Å². The Bertz CT molecular complexity index is 847. The molecule has 0 amide bonds. The van der Waals surface area contributed by atoms with E-state index < -0.39 is 52.0 Å². The van der Waals surface area contributed by atoms with Gasteiger partial charge < -0.3 is 4.98 Å². The van der Waals surface area contributed by atoms with E-state index in [1.807, 2.05) is 0 Å². The van der Waals surface area contributed by atoms with Crippen molar-refractivity contribution in [2.45, 2.75) is 24.2 Å². The highest BCUT2D eigenvalue weighted by atomic mass is 19.4. The predicted molar refractivity (Wildman–Crippen MR) is 62.3 cm³/mol. The fourth-order valence-corrected chi connectivity index (χ4v) is 1.98. The molecular weight excluding hydrogens is 378 g/mol. The number of aromatic amines is 1. The van der Waals surface area contributed by atoms with Gasteiger partial charge in [-0.15, -0.1) is 0 Å². The minimum Gasteiger partial charge on any atom is -0.319 e. The maximum absolute atomic E-state index is 13.9. The quantitative estimate of drug-likeness (QED) is 0.751. The molecule has 13 heteroatoms. The summed E-state index contributed by atoms with van der Waals surface area (Å²) in [6.45, 7) is 0. The van der Waals surface area contributed by atoms with Crippen molar-refractivity contribution < 1.29 is 43.9 Å². The van der Waals surface area contributed by atoms with Crippen LogP contribution in [0.15, 0.2) is 23.0 Å². The molecule has 1 aromatic heterocycles. The normalized spacial score (nSPS) is 14.2. The van der Waals surface area contributed by atoms with Gasteiger partial charge in [0, 0.05) is 5.56 Å². The summed E-state index contributed by atoms with van der Waals surface area (Å²) in [5.41, 5.74) is -13.4. The summed E-state index contributed by atoms with van der Waals surface area (Å²) in [5.74, 6) is 0. The van der Waals surface area contributed by atoms with Crippen molar-refractivity contribution in [3.8, 4) is 0 Å². The third-order valence-electron chi connectivity index (χ3n) is 3.14. The first kappa shape index (κ1) is 19.0. The van der Waals surface area contributed by atoms with Gasteiger partial charge in [-0.3, -0.25) is 4.79 Å². The summed E-state index contributed by atoms with van der Waals surface area (Å²) in [6, 6.07) is 0.292. The van der Waals surface area contributed by atoms with E-state index in [2.05, 4.69) is 4.98 Å². The molecule has 0 saturated carbocycles. The van der Waals surface area contributed by atoms with Crippen LogP contribution in [0.25, 0.3) is 11.0 Å². The molecule has 2 aromatic rings. The first-order valence-corrected chi connectivity index (χ1v) is 6.03. The molecule has 0 bridgehead atoms. The van der Waals surface area contributed by atoms with Crippen LogP contribution in [-0.2, 0) is 11.8 Å². The molecule has 0 fully saturated rings. The summed E-state index contributed by atoms with van der Waals surface area (Å²) in [6.07, 6.45) is -18.2. The van der Waals surface area contributed by atoms with Crippen molar-refractivity contribution in [3.05, 3.63) is 39.8 Å². The fourth-order valence-electron chi connectivity index (χ4n) is 1.98. The third kappa shape index (κ3) is 3.02. The molecule has 0 saturated heterocycles. The zero-order valence-electron chi connectivity index (χ0n) is 11.4. The predicted octanol–water partition coefficient (Wildman–Crippen LogP) is 4.23. The fraction of sp³-hybridized carbons (Fsp3) is 0.333. The van der Waals surface area contributed by atoms with E-state index in [0.29, 0.717) is 6.07 Å². The van der Waals surface area contributed by atoms with Gasteiger partial charge in [-0.05, 0) is 12.1 Å². The van der Waals surface area contributed by atoms with E-state index in [1.54, 1.807) is 4.98 Å². The van der Waals surface area contributed by atoms with Gasteiger partial charge in [0.05, 0.1) is 11.0 Å². The Morgan fingerprint density at radius 1 is 0.840 bits per heavy atom. The Kier molecular flexibility index (Phi) is 4.05. The Morgan fingerprint density at radius 2 is 1.36 bits per heavy atom. The van der Waals surface area contributed by atoms with E-state index in [4.69, 9.17) is 0 Å². The number of benzene rings is 1. The summed E-state index contributed by atoms with van der Waals surface area (Å²) in [5, 5.41) is 0. The van der Waals surface area contributed by atoms with E-state index in [-0.39, 0.29) is 12.1 Å². The maximum Gasteiger partial charge on any atom is 0.438 e. The lowest BCUT2D eigenvalue weighted by atomic mass is 9.93. The van der Waals surface area contributed by atoms with Gasteiger partial charge in [0.1, 0.15) is 0 Å². The monoisotopic (exact) mass is 382 g/mol. The van der Waals surface area contributed by atoms with Crippen molar-refractivity contribution in [3.63, 3.8) is 0 Å². The Hall–Kier alpha value is -2.34. The van der Waals surface area contributed by atoms with Crippen LogP contribution in [0.5, 0.6) is 0 Å². The van der Waals surface area contributed by atoms with E-state index in [9.17, 15) is 48.7 Å². The van der Waals surface area contributed by atoms with Crippen molar-refractivity contribution in [2.24, 2.45) is 0 Å². The summed E-state index contributed by atoms with van der Waals surface area (Å²) < 4.78 is 128. The van der Waals surface area contributed by atoms with Crippen molar-refractivity contribution >= 4 is 11.0 Å². The van der Waals surface area contributed by atoms with E-state index in [1.165, 1.54) is 0 Å². The lowest BCUT2D eigenvalue weighted by Gasteiger charge is -2.30. The Balaban J connectivity index is 2.80. The van der Waals surface area contributed by atoms with Crippen LogP contribution in [0.3, 0.4) is 0 Å². The van der Waals surface area contributed by atoms with Crippen LogP contribution < -0.4 is 5.56 Å².